The van der Waals surface area contributed by atoms with Gasteiger partial charge >= 0.3 is 14.2 Å². The van der Waals surface area contributed by atoms with Gasteiger partial charge in [-0.2, -0.15) is 0 Å². The Labute approximate surface area is 669 Å². The van der Waals surface area contributed by atoms with Gasteiger partial charge in [0.05, 0.1) is 123 Å². The minimum atomic E-state index is -0.229. The van der Waals surface area contributed by atoms with E-state index in [-0.39, 0.29) is 14.2 Å². The molecule has 15 aromatic carbocycles. The van der Waals surface area contributed by atoms with E-state index in [4.69, 9.17) is 19.9 Å². The van der Waals surface area contributed by atoms with E-state index in [1.54, 1.807) is 0 Å². The number of rotatable bonds is 8. The Morgan fingerprint density at radius 2 is 0.521 bits per heavy atom. The number of anilines is 12. The molecule has 0 saturated carbocycles. The van der Waals surface area contributed by atoms with E-state index in [0.29, 0.717) is 0 Å². The number of benzene rings is 15. The van der Waals surface area contributed by atoms with Gasteiger partial charge in [0.15, 0.2) is 0 Å². The molecule has 546 valence electrons. The fourth-order valence-corrected chi connectivity index (χ4v) is 19.5. The molecule has 8 aromatic heterocycles. The summed E-state index contributed by atoms with van der Waals surface area (Å²) in [4.78, 5) is 35.5. The summed E-state index contributed by atoms with van der Waals surface area (Å²) < 4.78 is 16.1. The zero-order chi connectivity index (χ0) is 76.2. The maximum atomic E-state index is 5.34. The second kappa shape index (κ2) is 24.3. The lowest BCUT2D eigenvalue weighted by molar-refractivity contribution is 1.11. The first-order valence-corrected chi connectivity index (χ1v) is 39.6. The number of hydrogen-bond donors (Lipinski definition) is 0. The number of fused-ring (bicyclic) bond motifs is 28. The first-order chi connectivity index (χ1) is 58.1. The van der Waals surface area contributed by atoms with Crippen LogP contribution in [0.1, 0.15) is 0 Å². The van der Waals surface area contributed by atoms with Gasteiger partial charge in [-0.25, -0.2) is 19.9 Å². The minimum absolute atomic E-state index is 0.137. The predicted molar refractivity (Wildman–Crippen MR) is 477 cm³/mol. The van der Waals surface area contributed by atoms with Crippen LogP contribution in [0.4, 0.5) is 68.2 Å². The van der Waals surface area contributed by atoms with Crippen LogP contribution in [0.15, 0.2) is 382 Å². The molecule has 19 heteroatoms. The van der Waals surface area contributed by atoms with Gasteiger partial charge in [-0.1, -0.05) is 164 Å². The summed E-state index contributed by atoms with van der Waals surface area (Å²) in [5.74, 6) is 2.65. The standard InChI is InChI=1S/C50H32BN9.C48H31BN8/c1-3-15-33(16-4-1)54-41-29-27-35(31-47(41)56-39-21-9-7-19-37(39)52-49(54)56)58-43-23-11-13-25-45(43)60-46-26-14-12-24-44(46)59(51(58)60)36-28-30-42-48(32-36)57-40-22-10-8-20-38(40)53-50(57)55(42)34-17-5-2-6-18-34;1-2-14-32(15-3-1)55-42-23-8-10-25-44(42)57-45-26-11-9-24-43(45)56(49(55)57)35-17-12-16-33(30-35)53-40-21-6-7-22-41(40)54-46-31-34(27-28-38(46)51-48(53)54)52-39-20-5-4-18-36(39)37-19-13-29-50-47(37)52/h1-32H;1-31H. The van der Waals surface area contributed by atoms with Gasteiger partial charge in [0.25, 0.3) is 0 Å². The molecule has 4 aliphatic rings. The molecule has 0 amide bonds. The first-order valence-electron chi connectivity index (χ1n) is 39.6. The van der Waals surface area contributed by atoms with Crippen LogP contribution in [0.5, 0.6) is 0 Å². The SMILES string of the molecule is c1ccc(-n2c3ccc(N4B5N(c6ccc7c(c6)n6c8ccccc8nc6n7-c6ccccc6)c6ccccc6N5c5ccccc54)cc3n3c4ccccc4nc23)cc1.c1ccc(N2B3N(c4cccc(-n5c6ccccc6n6c7cc(-n8c9ccccc9c9cccnc98)ccc7nc56)c4)c4ccccc4N3c3ccccc32)cc1. The quantitative estimate of drug-likeness (QED) is 0.137. The summed E-state index contributed by atoms with van der Waals surface area (Å²) in [5.41, 5.74) is 32.7. The van der Waals surface area contributed by atoms with E-state index < -0.39 is 0 Å². The highest BCUT2D eigenvalue weighted by Gasteiger charge is 2.55. The van der Waals surface area contributed by atoms with Crippen molar-refractivity contribution in [2.75, 3.05) is 28.9 Å². The van der Waals surface area contributed by atoms with Crippen LogP contribution in [0, 0.1) is 0 Å². The highest BCUT2D eigenvalue weighted by atomic mass is 15.5. The summed E-state index contributed by atoms with van der Waals surface area (Å²) in [6, 6.07) is 134. The van der Waals surface area contributed by atoms with Crippen molar-refractivity contribution in [3.63, 3.8) is 0 Å². The highest BCUT2D eigenvalue weighted by molar-refractivity contribution is 6.81. The van der Waals surface area contributed by atoms with E-state index >= 15 is 0 Å². The van der Waals surface area contributed by atoms with Crippen molar-refractivity contribution in [3.05, 3.63) is 382 Å². The lowest BCUT2D eigenvalue weighted by atomic mass is 9.86. The number of hydrogen-bond acceptors (Lipinski definition) is 10. The molecule has 0 radical (unpaired) electrons. The molecule has 0 aliphatic carbocycles. The van der Waals surface area contributed by atoms with Crippen molar-refractivity contribution >= 4 is 188 Å². The lowest BCUT2D eigenvalue weighted by Gasteiger charge is -2.31. The van der Waals surface area contributed by atoms with Crippen molar-refractivity contribution in [2.45, 2.75) is 0 Å². The minimum Gasteiger partial charge on any atom is -0.344 e. The van der Waals surface area contributed by atoms with Crippen LogP contribution in [-0.4, -0.2) is 65.6 Å². The number of pyridine rings is 1. The normalized spacial score (nSPS) is 13.5. The molecular formula is C98H63B2N17. The van der Waals surface area contributed by atoms with Crippen LogP contribution >= 0.6 is 0 Å². The highest BCUT2D eigenvalue weighted by Crippen LogP contribution is 2.58. The third kappa shape index (κ3) is 8.92. The van der Waals surface area contributed by atoms with Crippen molar-refractivity contribution in [1.29, 1.82) is 0 Å². The molecule has 0 fully saturated rings. The molecule has 23 aromatic rings. The van der Waals surface area contributed by atoms with Crippen molar-refractivity contribution in [3.8, 4) is 22.7 Å². The van der Waals surface area contributed by atoms with E-state index in [1.165, 1.54) is 22.4 Å². The van der Waals surface area contributed by atoms with Crippen LogP contribution in [0.2, 0.25) is 0 Å². The van der Waals surface area contributed by atoms with E-state index in [0.717, 1.165) is 174 Å². The average Bonchev–Trinajstić information content (AvgIpc) is 1.54. The van der Waals surface area contributed by atoms with E-state index in [9.17, 15) is 0 Å². The van der Waals surface area contributed by atoms with E-state index in [1.807, 2.05) is 12.3 Å². The van der Waals surface area contributed by atoms with E-state index in [2.05, 4.69) is 430 Å². The van der Waals surface area contributed by atoms with Crippen LogP contribution < -0.4 is 28.9 Å². The summed E-state index contributed by atoms with van der Waals surface area (Å²) in [7, 11) is -0.367. The molecule has 0 spiro atoms. The Kier molecular flexibility index (Phi) is 13.2. The molecule has 12 heterocycles. The monoisotopic (exact) mass is 1500 g/mol. The van der Waals surface area contributed by atoms with Gasteiger partial charge in [-0.15, -0.1) is 0 Å². The molecule has 0 N–H and O–H groups in total. The lowest BCUT2D eigenvalue weighted by Crippen LogP contribution is -2.51. The van der Waals surface area contributed by atoms with Gasteiger partial charge < -0.3 is 28.9 Å². The fraction of sp³-hybridized carbons (Fsp3) is 0. The largest absolute Gasteiger partial charge is 0.519 e. The molecule has 0 saturated heterocycles. The Morgan fingerprint density at radius 3 is 1.03 bits per heavy atom. The second-order valence-corrected chi connectivity index (χ2v) is 30.4. The van der Waals surface area contributed by atoms with Crippen LogP contribution in [0.25, 0.3) is 128 Å². The van der Waals surface area contributed by atoms with Crippen molar-refractivity contribution in [2.24, 2.45) is 0 Å². The average molecular weight is 1500 g/mol. The number of nitrogens with zero attached hydrogens (tertiary/aromatic N) is 17. The summed E-state index contributed by atoms with van der Waals surface area (Å²) in [6.45, 7) is 0. The maximum Gasteiger partial charge on any atom is 0.519 e. The zero-order valence-corrected chi connectivity index (χ0v) is 62.6. The third-order valence-electron chi connectivity index (χ3n) is 24.2. The Balaban J connectivity index is 0.000000128. The molecule has 0 unspecified atom stereocenters. The Morgan fingerprint density at radius 1 is 0.188 bits per heavy atom. The van der Waals surface area contributed by atoms with Crippen molar-refractivity contribution in [1.82, 2.24) is 51.4 Å². The predicted octanol–water partition coefficient (Wildman–Crippen LogP) is 23.0. The molecular weight excluding hydrogens is 1440 g/mol. The molecule has 0 bridgehead atoms. The molecule has 117 heavy (non-hydrogen) atoms. The van der Waals surface area contributed by atoms with Gasteiger partial charge in [0, 0.05) is 56.8 Å². The fourth-order valence-electron chi connectivity index (χ4n) is 19.5. The number of imidazole rings is 6. The number of aromatic nitrogens is 11. The Hall–Kier alpha value is -16.0. The molecule has 4 aliphatic heterocycles. The topological polar surface area (TPSA) is 104 Å². The first kappa shape index (κ1) is 63.6. The third-order valence-corrected chi connectivity index (χ3v) is 24.2. The molecule has 27 rings (SSSR count). The summed E-state index contributed by atoms with van der Waals surface area (Å²) >= 11 is 0. The Bertz CT molecular complexity index is 7770. The van der Waals surface area contributed by atoms with Gasteiger partial charge in [-0.05, 0) is 212 Å². The van der Waals surface area contributed by atoms with Gasteiger partial charge in [0.1, 0.15) is 5.65 Å². The molecule has 0 atom stereocenters. The van der Waals surface area contributed by atoms with Gasteiger partial charge in [0.2, 0.25) is 17.3 Å². The summed E-state index contributed by atoms with van der Waals surface area (Å²) in [6.07, 6.45) is 1.87. The van der Waals surface area contributed by atoms with Crippen LogP contribution in [0.3, 0.4) is 0 Å². The maximum absolute atomic E-state index is 5.34. The van der Waals surface area contributed by atoms with Crippen LogP contribution in [-0.2, 0) is 0 Å². The zero-order valence-electron chi connectivity index (χ0n) is 62.6. The molecule has 17 nitrogen and oxygen atoms in total. The summed E-state index contributed by atoms with van der Waals surface area (Å²) in [5, 5.41) is 2.33. The van der Waals surface area contributed by atoms with Crippen molar-refractivity contribution < 1.29 is 0 Å². The second-order valence-electron chi connectivity index (χ2n) is 30.4. The van der Waals surface area contributed by atoms with Gasteiger partial charge in [-0.3, -0.25) is 31.5 Å². The smallest absolute Gasteiger partial charge is 0.344 e. The number of para-hydroxylation sites is 18.